The molecule has 0 aliphatic heterocycles. The van der Waals surface area contributed by atoms with Gasteiger partial charge >= 0.3 is 0 Å². The highest BCUT2D eigenvalue weighted by atomic mass is 35.5. The van der Waals surface area contributed by atoms with Gasteiger partial charge in [-0.2, -0.15) is 0 Å². The Morgan fingerprint density at radius 3 is 2.55 bits per heavy atom. The van der Waals surface area contributed by atoms with Crippen LogP contribution in [0.1, 0.15) is 11.4 Å². The van der Waals surface area contributed by atoms with E-state index in [9.17, 15) is 4.39 Å². The van der Waals surface area contributed by atoms with Gasteiger partial charge in [0.2, 0.25) is 0 Å². The van der Waals surface area contributed by atoms with Crippen LogP contribution in [0, 0.1) is 12.7 Å². The lowest BCUT2D eigenvalue weighted by molar-refractivity contribution is 0.640. The Bertz CT molecular complexity index is 787. The van der Waals surface area contributed by atoms with Crippen LogP contribution in [0.25, 0.3) is 22.2 Å². The Labute approximate surface area is 121 Å². The second-order valence-corrected chi connectivity index (χ2v) is 4.87. The highest BCUT2D eigenvalue weighted by Gasteiger charge is 2.10. The second kappa shape index (κ2) is 5.17. The first-order valence-electron chi connectivity index (χ1n) is 6.27. The minimum atomic E-state index is -0.241. The van der Waals surface area contributed by atoms with Gasteiger partial charge in [-0.15, -0.1) is 11.6 Å². The summed E-state index contributed by atoms with van der Waals surface area (Å²) in [4.78, 5) is 8.88. The zero-order valence-electron chi connectivity index (χ0n) is 10.9. The van der Waals surface area contributed by atoms with Crippen molar-refractivity contribution in [3.63, 3.8) is 0 Å². The van der Waals surface area contributed by atoms with Gasteiger partial charge in [-0.3, -0.25) is 0 Å². The third-order valence-corrected chi connectivity index (χ3v) is 3.43. The van der Waals surface area contributed by atoms with E-state index in [1.807, 2.05) is 31.2 Å². The predicted octanol–water partition coefficient (Wildman–Crippen LogP) is 4.48. The Morgan fingerprint density at radius 1 is 1.05 bits per heavy atom. The molecular formula is C16H12ClFN2. The maximum atomic E-state index is 13.8. The molecule has 0 aliphatic carbocycles. The van der Waals surface area contributed by atoms with Crippen molar-refractivity contribution in [1.82, 2.24) is 9.97 Å². The first-order chi connectivity index (χ1) is 9.69. The van der Waals surface area contributed by atoms with E-state index < -0.39 is 0 Å². The van der Waals surface area contributed by atoms with Crippen molar-refractivity contribution >= 4 is 22.4 Å². The number of aryl methyl sites for hydroxylation is 1. The summed E-state index contributed by atoms with van der Waals surface area (Å²) in [6.07, 6.45) is 0. The van der Waals surface area contributed by atoms with Gasteiger partial charge in [0.05, 0.1) is 11.6 Å². The maximum absolute atomic E-state index is 13.8. The summed E-state index contributed by atoms with van der Waals surface area (Å²) >= 11 is 5.85. The average Bonchev–Trinajstić information content (AvgIpc) is 2.47. The Hall–Kier alpha value is -2.00. The third-order valence-electron chi connectivity index (χ3n) is 3.16. The smallest absolute Gasteiger partial charge is 0.160 e. The molecule has 3 rings (SSSR count). The fraction of sp³-hybridized carbons (Fsp3) is 0.125. The van der Waals surface area contributed by atoms with Crippen molar-refractivity contribution in [2.45, 2.75) is 12.8 Å². The van der Waals surface area contributed by atoms with Gasteiger partial charge in [-0.25, -0.2) is 14.4 Å². The number of rotatable bonds is 2. The number of aromatic nitrogens is 2. The number of halogens is 2. The summed E-state index contributed by atoms with van der Waals surface area (Å²) in [5, 5.41) is 1.38. The average molecular weight is 287 g/mol. The lowest BCUT2D eigenvalue weighted by atomic mass is 10.0. The van der Waals surface area contributed by atoms with Crippen molar-refractivity contribution in [1.29, 1.82) is 0 Å². The Kier molecular flexibility index (Phi) is 3.36. The molecule has 0 N–H and O–H groups in total. The van der Waals surface area contributed by atoms with E-state index >= 15 is 0 Å². The summed E-state index contributed by atoms with van der Waals surface area (Å²) in [7, 11) is 0. The van der Waals surface area contributed by atoms with Crippen LogP contribution in [0.2, 0.25) is 0 Å². The van der Waals surface area contributed by atoms with E-state index in [4.69, 9.17) is 11.6 Å². The van der Waals surface area contributed by atoms with Crippen LogP contribution in [0.4, 0.5) is 4.39 Å². The van der Waals surface area contributed by atoms with Crippen LogP contribution in [0.3, 0.4) is 0 Å². The topological polar surface area (TPSA) is 25.8 Å². The molecule has 0 atom stereocenters. The molecule has 4 heteroatoms. The SMILES string of the molecule is Cc1cc(CCl)nc(-c2ccc(F)c3ccccc23)n1. The third kappa shape index (κ3) is 2.25. The minimum absolute atomic E-state index is 0.241. The van der Waals surface area contributed by atoms with E-state index in [2.05, 4.69) is 9.97 Å². The number of benzene rings is 2. The van der Waals surface area contributed by atoms with E-state index in [1.54, 1.807) is 12.1 Å². The van der Waals surface area contributed by atoms with Crippen LogP contribution in [0.5, 0.6) is 0 Å². The number of alkyl halides is 1. The summed E-state index contributed by atoms with van der Waals surface area (Å²) in [5.41, 5.74) is 2.43. The fourth-order valence-electron chi connectivity index (χ4n) is 2.28. The van der Waals surface area contributed by atoms with Gasteiger partial charge in [-0.1, -0.05) is 24.3 Å². The molecule has 0 radical (unpaired) electrons. The highest BCUT2D eigenvalue weighted by molar-refractivity contribution is 6.16. The molecule has 1 aromatic heterocycles. The lowest BCUT2D eigenvalue weighted by Gasteiger charge is -2.08. The second-order valence-electron chi connectivity index (χ2n) is 4.60. The van der Waals surface area contributed by atoms with Crippen LogP contribution in [0.15, 0.2) is 42.5 Å². The first kappa shape index (κ1) is 13.0. The van der Waals surface area contributed by atoms with Gasteiger partial charge < -0.3 is 0 Å². The van der Waals surface area contributed by atoms with Crippen molar-refractivity contribution in [3.8, 4) is 11.4 Å². The molecule has 2 aromatic carbocycles. The zero-order chi connectivity index (χ0) is 14.1. The maximum Gasteiger partial charge on any atom is 0.160 e. The predicted molar refractivity (Wildman–Crippen MR) is 79.2 cm³/mol. The molecule has 20 heavy (non-hydrogen) atoms. The fourth-order valence-corrected chi connectivity index (χ4v) is 2.42. The lowest BCUT2D eigenvalue weighted by Crippen LogP contribution is -1.97. The van der Waals surface area contributed by atoms with Crippen molar-refractivity contribution in [3.05, 3.63) is 59.7 Å². The van der Waals surface area contributed by atoms with Gasteiger partial charge in [0.1, 0.15) is 5.82 Å². The van der Waals surface area contributed by atoms with Crippen molar-refractivity contribution in [2.24, 2.45) is 0 Å². The summed E-state index contributed by atoms with van der Waals surface area (Å²) < 4.78 is 13.8. The van der Waals surface area contributed by atoms with E-state index in [0.29, 0.717) is 17.1 Å². The molecule has 100 valence electrons. The molecule has 0 saturated carbocycles. The van der Waals surface area contributed by atoms with Crippen LogP contribution in [-0.4, -0.2) is 9.97 Å². The van der Waals surface area contributed by atoms with Gasteiger partial charge in [0, 0.05) is 16.6 Å². The number of fused-ring (bicyclic) bond motifs is 1. The number of hydrogen-bond donors (Lipinski definition) is 0. The normalized spacial score (nSPS) is 10.9. The van der Waals surface area contributed by atoms with E-state index in [0.717, 1.165) is 22.3 Å². The summed E-state index contributed by atoms with van der Waals surface area (Å²) in [6.45, 7) is 1.90. The summed E-state index contributed by atoms with van der Waals surface area (Å²) in [6, 6.07) is 12.3. The monoisotopic (exact) mass is 286 g/mol. The molecule has 0 amide bonds. The largest absolute Gasteiger partial charge is 0.233 e. The molecule has 0 aliphatic rings. The van der Waals surface area contributed by atoms with Gasteiger partial charge in [0.15, 0.2) is 5.82 Å². The van der Waals surface area contributed by atoms with Crippen molar-refractivity contribution < 1.29 is 4.39 Å². The Balaban J connectivity index is 2.30. The molecular weight excluding hydrogens is 275 g/mol. The molecule has 0 spiro atoms. The minimum Gasteiger partial charge on any atom is -0.233 e. The molecule has 2 nitrogen and oxygen atoms in total. The summed E-state index contributed by atoms with van der Waals surface area (Å²) in [5.74, 6) is 0.668. The first-order valence-corrected chi connectivity index (χ1v) is 6.80. The number of hydrogen-bond acceptors (Lipinski definition) is 2. The molecule has 0 bridgehead atoms. The van der Waals surface area contributed by atoms with E-state index in [1.165, 1.54) is 6.07 Å². The Morgan fingerprint density at radius 2 is 1.80 bits per heavy atom. The molecule has 0 saturated heterocycles. The van der Waals surface area contributed by atoms with Crippen molar-refractivity contribution in [2.75, 3.05) is 0 Å². The molecule has 0 unspecified atom stereocenters. The molecule has 0 fully saturated rings. The van der Waals surface area contributed by atoms with E-state index in [-0.39, 0.29) is 5.82 Å². The van der Waals surface area contributed by atoms with Gasteiger partial charge in [-0.05, 0) is 30.5 Å². The molecule has 3 aromatic rings. The van der Waals surface area contributed by atoms with Crippen LogP contribution < -0.4 is 0 Å². The standard InChI is InChI=1S/C16H12ClFN2/c1-10-8-11(9-17)20-16(19-10)14-6-7-15(18)13-5-3-2-4-12(13)14/h2-8H,9H2,1H3. The molecule has 1 heterocycles. The zero-order valence-corrected chi connectivity index (χ0v) is 11.7. The number of nitrogens with zero attached hydrogens (tertiary/aromatic N) is 2. The van der Waals surface area contributed by atoms with Gasteiger partial charge in [0.25, 0.3) is 0 Å². The quantitative estimate of drug-likeness (QED) is 0.649. The highest BCUT2D eigenvalue weighted by Crippen LogP contribution is 2.28. The van der Waals surface area contributed by atoms with Crippen LogP contribution in [-0.2, 0) is 5.88 Å². The van der Waals surface area contributed by atoms with Crippen LogP contribution >= 0.6 is 11.6 Å².